The van der Waals surface area contributed by atoms with Crippen LogP contribution in [-0.4, -0.2) is 4.98 Å². The molecule has 0 fully saturated rings. The van der Waals surface area contributed by atoms with E-state index < -0.39 is 0 Å². The molecule has 0 saturated heterocycles. The first kappa shape index (κ1) is 10.9. The summed E-state index contributed by atoms with van der Waals surface area (Å²) in [4.78, 5) is 4.12. The second-order valence-corrected chi connectivity index (χ2v) is 4.59. The zero-order valence-electron chi connectivity index (χ0n) is 9.93. The van der Waals surface area contributed by atoms with Crippen LogP contribution < -0.4 is 5.73 Å². The Balaban J connectivity index is 2.16. The average Bonchev–Trinajstić information content (AvgIpc) is 2.81. The third-order valence-corrected chi connectivity index (χ3v) is 3.50. The van der Waals surface area contributed by atoms with E-state index in [1.807, 2.05) is 12.1 Å². The molecule has 1 unspecified atom stereocenters. The molecule has 1 aliphatic carbocycles. The summed E-state index contributed by atoms with van der Waals surface area (Å²) in [6.45, 7) is 0. The smallest absolute Gasteiger partial charge is 0.101 e. The molecule has 0 radical (unpaired) electrons. The molecular weight excluding hydrogens is 222 g/mol. The summed E-state index contributed by atoms with van der Waals surface area (Å²) in [5, 5.41) is 8.93. The van der Waals surface area contributed by atoms with Crippen LogP contribution in [0.2, 0.25) is 0 Å². The van der Waals surface area contributed by atoms with E-state index in [1.54, 1.807) is 12.4 Å². The third kappa shape index (κ3) is 1.68. The van der Waals surface area contributed by atoms with Crippen LogP contribution >= 0.6 is 0 Å². The van der Waals surface area contributed by atoms with Gasteiger partial charge in [0.25, 0.3) is 0 Å². The largest absolute Gasteiger partial charge is 0.324 e. The Bertz CT molecular complexity index is 640. The molecule has 2 N–H and O–H groups in total. The molecule has 2 aromatic rings. The predicted octanol–water partition coefficient (Wildman–Crippen LogP) is 2.57. The number of rotatable bonds is 1. The Morgan fingerprint density at radius 1 is 1.33 bits per heavy atom. The van der Waals surface area contributed by atoms with Crippen molar-refractivity contribution in [2.75, 3.05) is 0 Å². The number of nitriles is 1. The predicted molar refractivity (Wildman–Crippen MR) is 69.6 cm³/mol. The lowest BCUT2D eigenvalue weighted by molar-refractivity contribution is 0.713. The number of hydrogen-bond acceptors (Lipinski definition) is 3. The Morgan fingerprint density at radius 2 is 2.22 bits per heavy atom. The fourth-order valence-electron chi connectivity index (χ4n) is 2.61. The Morgan fingerprint density at radius 3 is 3.06 bits per heavy atom. The molecule has 3 nitrogen and oxygen atoms in total. The molecule has 1 aromatic heterocycles. The monoisotopic (exact) mass is 235 g/mol. The fourth-order valence-corrected chi connectivity index (χ4v) is 2.61. The number of nitrogens with two attached hydrogens (primary N) is 1. The molecular formula is C15H13N3. The highest BCUT2D eigenvalue weighted by Gasteiger charge is 2.21. The van der Waals surface area contributed by atoms with E-state index in [4.69, 9.17) is 11.0 Å². The zero-order chi connectivity index (χ0) is 12.5. The van der Waals surface area contributed by atoms with E-state index in [1.165, 1.54) is 11.1 Å². The highest BCUT2D eigenvalue weighted by Crippen LogP contribution is 2.36. The summed E-state index contributed by atoms with van der Waals surface area (Å²) in [5.74, 6) is 0. The summed E-state index contributed by atoms with van der Waals surface area (Å²) in [6.07, 6.45) is 5.39. The molecule has 0 bridgehead atoms. The van der Waals surface area contributed by atoms with Crippen LogP contribution in [-0.2, 0) is 6.42 Å². The molecule has 0 amide bonds. The van der Waals surface area contributed by atoms with Gasteiger partial charge in [-0.15, -0.1) is 0 Å². The Hall–Kier alpha value is -2.18. The van der Waals surface area contributed by atoms with Gasteiger partial charge in [-0.2, -0.15) is 5.26 Å². The Kier molecular flexibility index (Phi) is 2.58. The Labute approximate surface area is 106 Å². The van der Waals surface area contributed by atoms with Crippen LogP contribution in [0, 0.1) is 11.3 Å². The van der Waals surface area contributed by atoms with Gasteiger partial charge in [0.15, 0.2) is 0 Å². The molecule has 0 saturated carbocycles. The second kappa shape index (κ2) is 4.25. The van der Waals surface area contributed by atoms with Crippen molar-refractivity contribution >= 4 is 0 Å². The van der Waals surface area contributed by atoms with Gasteiger partial charge < -0.3 is 5.73 Å². The van der Waals surface area contributed by atoms with Crippen molar-refractivity contribution in [2.45, 2.75) is 18.9 Å². The first-order valence-electron chi connectivity index (χ1n) is 6.02. The fraction of sp³-hybridized carbons (Fsp3) is 0.200. The summed E-state index contributed by atoms with van der Waals surface area (Å²) in [5.41, 5.74) is 11.4. The van der Waals surface area contributed by atoms with Gasteiger partial charge in [0, 0.05) is 24.0 Å². The molecule has 1 aromatic carbocycles. The quantitative estimate of drug-likeness (QED) is 0.826. The molecule has 3 rings (SSSR count). The van der Waals surface area contributed by atoms with E-state index in [2.05, 4.69) is 23.2 Å². The van der Waals surface area contributed by atoms with E-state index >= 15 is 0 Å². The van der Waals surface area contributed by atoms with Gasteiger partial charge in [0.2, 0.25) is 0 Å². The van der Waals surface area contributed by atoms with Crippen LogP contribution in [0.3, 0.4) is 0 Å². The standard InChI is InChI=1S/C15H13N3/c16-7-10-6-11(9-18-8-10)12-2-1-3-14-13(12)4-5-15(14)17/h1-3,6,8-9,15H,4-5,17H2. The SMILES string of the molecule is N#Cc1cncc(-c2cccc3c2CCC3N)c1. The molecule has 3 heteroatoms. The molecule has 88 valence electrons. The van der Waals surface area contributed by atoms with Crippen molar-refractivity contribution in [1.82, 2.24) is 4.98 Å². The molecule has 1 atom stereocenters. The normalized spacial score (nSPS) is 17.2. The van der Waals surface area contributed by atoms with E-state index in [9.17, 15) is 0 Å². The third-order valence-electron chi connectivity index (χ3n) is 3.50. The van der Waals surface area contributed by atoms with Gasteiger partial charge >= 0.3 is 0 Å². The highest BCUT2D eigenvalue weighted by molar-refractivity contribution is 5.70. The van der Waals surface area contributed by atoms with Crippen LogP contribution in [0.4, 0.5) is 0 Å². The lowest BCUT2D eigenvalue weighted by atomic mass is 9.97. The zero-order valence-corrected chi connectivity index (χ0v) is 9.93. The molecule has 0 aliphatic heterocycles. The minimum absolute atomic E-state index is 0.145. The number of nitrogens with zero attached hydrogens (tertiary/aromatic N) is 2. The maximum atomic E-state index is 8.93. The van der Waals surface area contributed by atoms with Crippen molar-refractivity contribution in [3.63, 3.8) is 0 Å². The van der Waals surface area contributed by atoms with Gasteiger partial charge in [-0.3, -0.25) is 4.98 Å². The number of pyridine rings is 1. The first-order chi connectivity index (χ1) is 8.79. The van der Waals surface area contributed by atoms with Crippen LogP contribution in [0.25, 0.3) is 11.1 Å². The lowest BCUT2D eigenvalue weighted by Crippen LogP contribution is -2.04. The van der Waals surface area contributed by atoms with Crippen molar-refractivity contribution < 1.29 is 0 Å². The minimum Gasteiger partial charge on any atom is -0.324 e. The van der Waals surface area contributed by atoms with Gasteiger partial charge in [-0.1, -0.05) is 18.2 Å². The summed E-state index contributed by atoms with van der Waals surface area (Å²) in [6, 6.07) is 10.4. The van der Waals surface area contributed by atoms with Crippen LogP contribution in [0.15, 0.2) is 36.7 Å². The van der Waals surface area contributed by atoms with E-state index in [-0.39, 0.29) is 6.04 Å². The maximum absolute atomic E-state index is 8.93. The maximum Gasteiger partial charge on any atom is 0.101 e. The van der Waals surface area contributed by atoms with Gasteiger partial charge in [-0.05, 0) is 35.6 Å². The molecule has 1 aliphatic rings. The average molecular weight is 235 g/mol. The van der Waals surface area contributed by atoms with Gasteiger partial charge in [-0.25, -0.2) is 0 Å². The summed E-state index contributed by atoms with van der Waals surface area (Å²) in [7, 11) is 0. The summed E-state index contributed by atoms with van der Waals surface area (Å²) >= 11 is 0. The van der Waals surface area contributed by atoms with E-state index in [0.29, 0.717) is 5.56 Å². The number of benzene rings is 1. The van der Waals surface area contributed by atoms with Gasteiger partial charge in [0.05, 0.1) is 5.56 Å². The molecule has 1 heterocycles. The lowest BCUT2D eigenvalue weighted by Gasteiger charge is -2.09. The van der Waals surface area contributed by atoms with Gasteiger partial charge in [0.1, 0.15) is 6.07 Å². The first-order valence-corrected chi connectivity index (χ1v) is 6.02. The number of aromatic nitrogens is 1. The van der Waals surface area contributed by atoms with E-state index in [0.717, 1.165) is 24.0 Å². The van der Waals surface area contributed by atoms with Crippen molar-refractivity contribution in [3.05, 3.63) is 53.3 Å². The molecule has 0 spiro atoms. The highest BCUT2D eigenvalue weighted by atomic mass is 14.6. The second-order valence-electron chi connectivity index (χ2n) is 4.59. The van der Waals surface area contributed by atoms with Crippen molar-refractivity contribution in [1.29, 1.82) is 5.26 Å². The minimum atomic E-state index is 0.145. The topological polar surface area (TPSA) is 62.7 Å². The number of hydrogen-bond donors (Lipinski definition) is 1. The van der Waals surface area contributed by atoms with Crippen LogP contribution in [0.1, 0.15) is 29.2 Å². The van der Waals surface area contributed by atoms with Crippen LogP contribution in [0.5, 0.6) is 0 Å². The summed E-state index contributed by atoms with van der Waals surface area (Å²) < 4.78 is 0. The molecule has 18 heavy (non-hydrogen) atoms. The van der Waals surface area contributed by atoms with Crippen molar-refractivity contribution in [3.8, 4) is 17.2 Å². The van der Waals surface area contributed by atoms with Crippen molar-refractivity contribution in [2.24, 2.45) is 5.73 Å². The number of fused-ring (bicyclic) bond motifs is 1.